The summed E-state index contributed by atoms with van der Waals surface area (Å²) in [5.41, 5.74) is 8.73. The minimum atomic E-state index is -0.337. The number of aromatic nitrogens is 2. The van der Waals surface area contributed by atoms with Gasteiger partial charge >= 0.3 is 0 Å². The van der Waals surface area contributed by atoms with Crippen LogP contribution in [-0.2, 0) is 36.7 Å². The molecule has 0 saturated heterocycles. The van der Waals surface area contributed by atoms with E-state index in [1.54, 1.807) is 0 Å². The number of hydrogen-bond donors (Lipinski definition) is 1. The number of aliphatic hydroxyl groups excluding tert-OH is 1. The number of nitrogens with zero attached hydrogens (tertiary/aromatic N) is 2. The molecule has 7 heteroatoms. The number of carbonyl (C=O) groups is 1. The van der Waals surface area contributed by atoms with Crippen LogP contribution in [0, 0.1) is 36.7 Å². The predicted molar refractivity (Wildman–Crippen MR) is 234 cm³/mol. The Hall–Kier alpha value is -3.64. The van der Waals surface area contributed by atoms with Gasteiger partial charge in [-0.3, -0.25) is 14.8 Å². The third-order valence-electron chi connectivity index (χ3n) is 12.0. The molecule has 301 valence electrons. The van der Waals surface area contributed by atoms with Crippen LogP contribution >= 0.6 is 11.3 Å². The number of furan rings is 1. The normalized spacial score (nSPS) is 12.6. The standard InChI is InChI=1S/C34H33N2OS.C15H28O2.Ir/c1-19(2)13-30-21(4)24-11-10-22(16-31(24)38-30)26-17-28(36-33-32(26)20(3)18-37-33)23-14-27(34(5,6)7)25-9-8-12-35-29(25)15-23;1-7-14(5,8-2)12(16)11-13(17)15(6,9-3)10-4;/h8-12,14,16-19H,13H2,1-7H3;11,16H,7-10H2,1-6H3;/q-1;;/b;12-11-;. The monoisotopic (exact) mass is 950 g/mol. The molecule has 0 spiro atoms. The van der Waals surface area contributed by atoms with Crippen molar-refractivity contribution in [3.8, 4) is 22.4 Å². The van der Waals surface area contributed by atoms with Gasteiger partial charge in [0.25, 0.3) is 0 Å². The van der Waals surface area contributed by atoms with Crippen molar-refractivity contribution >= 4 is 49.2 Å². The fourth-order valence-electron chi connectivity index (χ4n) is 7.12. The smallest absolute Gasteiger partial charge is 0.217 e. The molecular weight excluding hydrogens is 889 g/mol. The van der Waals surface area contributed by atoms with Crippen LogP contribution in [0.2, 0.25) is 0 Å². The van der Waals surface area contributed by atoms with Gasteiger partial charge in [0.05, 0.1) is 6.26 Å². The van der Waals surface area contributed by atoms with Crippen molar-refractivity contribution in [3.05, 3.63) is 94.4 Å². The first-order valence-electron chi connectivity index (χ1n) is 20.1. The van der Waals surface area contributed by atoms with Crippen LogP contribution in [0.3, 0.4) is 0 Å². The molecule has 56 heavy (non-hydrogen) atoms. The van der Waals surface area contributed by atoms with E-state index in [0.717, 1.165) is 70.8 Å². The number of pyridine rings is 2. The second-order valence-corrected chi connectivity index (χ2v) is 18.4. The molecule has 6 aromatic rings. The van der Waals surface area contributed by atoms with Crippen LogP contribution in [0.25, 0.3) is 54.5 Å². The summed E-state index contributed by atoms with van der Waals surface area (Å²) in [5.74, 6) is 0.927. The molecule has 2 aromatic carbocycles. The number of fused-ring (bicyclic) bond motifs is 3. The largest absolute Gasteiger partial charge is 0.512 e. The Morgan fingerprint density at radius 1 is 0.929 bits per heavy atom. The molecule has 0 fully saturated rings. The minimum absolute atomic E-state index is 0. The van der Waals surface area contributed by atoms with Crippen molar-refractivity contribution in [3.63, 3.8) is 0 Å². The summed E-state index contributed by atoms with van der Waals surface area (Å²) in [4.78, 5) is 23.3. The topological polar surface area (TPSA) is 76.2 Å². The molecule has 4 aromatic heterocycles. The molecule has 1 radical (unpaired) electrons. The minimum Gasteiger partial charge on any atom is -0.512 e. The summed E-state index contributed by atoms with van der Waals surface area (Å²) in [5, 5.41) is 13.7. The molecule has 0 saturated carbocycles. The van der Waals surface area contributed by atoms with Crippen LogP contribution < -0.4 is 0 Å². The maximum absolute atomic E-state index is 12.2. The zero-order chi connectivity index (χ0) is 40.5. The van der Waals surface area contributed by atoms with E-state index < -0.39 is 0 Å². The Bertz CT molecular complexity index is 2350. The molecular formula is C49H61IrN2O3S-. The fraction of sp³-hybridized carbons (Fsp3) is 0.449. The number of aliphatic hydroxyl groups is 1. The van der Waals surface area contributed by atoms with E-state index >= 15 is 0 Å². The van der Waals surface area contributed by atoms with Gasteiger partial charge in [-0.05, 0) is 102 Å². The average Bonchev–Trinajstić information content (AvgIpc) is 3.70. The summed E-state index contributed by atoms with van der Waals surface area (Å²) in [6.45, 7) is 27.7. The first-order valence-corrected chi connectivity index (χ1v) is 20.9. The summed E-state index contributed by atoms with van der Waals surface area (Å²) < 4.78 is 7.31. The van der Waals surface area contributed by atoms with E-state index in [2.05, 4.69) is 95.9 Å². The van der Waals surface area contributed by atoms with Crippen molar-refractivity contribution < 1.29 is 34.4 Å². The maximum Gasteiger partial charge on any atom is 0.217 e. The zero-order valence-electron chi connectivity index (χ0n) is 35.8. The zero-order valence-corrected chi connectivity index (χ0v) is 39.0. The van der Waals surface area contributed by atoms with Crippen molar-refractivity contribution in [2.24, 2.45) is 16.7 Å². The fourth-order valence-corrected chi connectivity index (χ4v) is 8.58. The number of aryl methyl sites for hydroxylation is 2. The van der Waals surface area contributed by atoms with E-state index in [9.17, 15) is 9.90 Å². The Morgan fingerprint density at radius 2 is 1.59 bits per heavy atom. The van der Waals surface area contributed by atoms with Crippen molar-refractivity contribution in [2.45, 2.75) is 128 Å². The van der Waals surface area contributed by atoms with Crippen molar-refractivity contribution in [2.75, 3.05) is 0 Å². The van der Waals surface area contributed by atoms with Crippen molar-refractivity contribution in [1.82, 2.24) is 9.97 Å². The molecule has 4 heterocycles. The summed E-state index contributed by atoms with van der Waals surface area (Å²) in [6.07, 6.45) is 9.52. The first-order chi connectivity index (χ1) is 25.9. The predicted octanol–water partition coefficient (Wildman–Crippen LogP) is 14.5. The summed E-state index contributed by atoms with van der Waals surface area (Å²) in [7, 11) is 0. The molecule has 0 atom stereocenters. The first kappa shape index (κ1) is 45.1. The summed E-state index contributed by atoms with van der Waals surface area (Å²) >= 11 is 1.93. The second-order valence-electron chi connectivity index (χ2n) is 17.3. The molecule has 0 bridgehead atoms. The van der Waals surface area contributed by atoms with Gasteiger partial charge < -0.3 is 9.52 Å². The average molecular weight is 950 g/mol. The Labute approximate surface area is 352 Å². The second kappa shape index (κ2) is 17.9. The third kappa shape index (κ3) is 9.22. The Kier molecular flexibility index (Phi) is 14.4. The number of carbonyl (C=O) groups excluding carboxylic acids is 1. The van der Waals surface area contributed by atoms with Gasteiger partial charge in [0.2, 0.25) is 5.71 Å². The van der Waals surface area contributed by atoms with E-state index in [0.29, 0.717) is 11.6 Å². The van der Waals surface area contributed by atoms with Crippen molar-refractivity contribution in [1.29, 1.82) is 0 Å². The number of thiophene rings is 1. The van der Waals surface area contributed by atoms with E-state index in [-0.39, 0.29) is 47.9 Å². The van der Waals surface area contributed by atoms with Crippen LogP contribution in [0.1, 0.15) is 123 Å². The number of allylic oxidation sites excluding steroid dienone is 2. The van der Waals surface area contributed by atoms with Gasteiger partial charge in [0.1, 0.15) is 5.76 Å². The summed E-state index contributed by atoms with van der Waals surface area (Å²) in [6, 6.07) is 19.0. The van der Waals surface area contributed by atoms with E-state index in [1.807, 2.05) is 71.4 Å². The molecule has 1 N–H and O–H groups in total. The van der Waals surface area contributed by atoms with E-state index in [4.69, 9.17) is 9.40 Å². The van der Waals surface area contributed by atoms with Gasteiger partial charge in [0.15, 0.2) is 5.78 Å². The van der Waals surface area contributed by atoms with E-state index in [1.165, 1.54) is 37.7 Å². The molecule has 6 rings (SSSR count). The quantitative estimate of drug-likeness (QED) is 0.0795. The molecule has 0 amide bonds. The number of rotatable bonds is 11. The van der Waals surface area contributed by atoms with Gasteiger partial charge in [-0.15, -0.1) is 34.6 Å². The Morgan fingerprint density at radius 3 is 2.20 bits per heavy atom. The van der Waals surface area contributed by atoms with Crippen LogP contribution in [0.5, 0.6) is 0 Å². The third-order valence-corrected chi connectivity index (χ3v) is 13.3. The number of ketones is 1. The number of hydrogen-bond acceptors (Lipinski definition) is 6. The molecule has 0 aliphatic rings. The molecule has 5 nitrogen and oxygen atoms in total. The van der Waals surface area contributed by atoms with Gasteiger partial charge in [-0.2, -0.15) is 0 Å². The van der Waals surface area contributed by atoms with Crippen LogP contribution in [-0.4, -0.2) is 20.9 Å². The van der Waals surface area contributed by atoms with Gasteiger partial charge in [-0.25, -0.2) is 0 Å². The van der Waals surface area contributed by atoms with Gasteiger partial charge in [0, 0.05) is 58.2 Å². The SMILES string of the molecule is CCC(C)(CC)C(=O)/C=C(\O)C(C)(CC)CC.Cc1c(CC(C)C)sc2cc(-c3cc(-c4[c-]c5ncccc5c(C(C)(C)C)c4)nc4occ(C)c34)ccc12.[Ir]. The molecule has 0 unspecified atom stereocenters. The molecule has 0 aliphatic carbocycles. The Balaban J connectivity index is 0.000000330. The number of benzene rings is 2. The maximum atomic E-state index is 12.2. The van der Waals surface area contributed by atoms with Crippen LogP contribution in [0.15, 0.2) is 71.2 Å². The molecule has 0 aliphatic heterocycles. The van der Waals surface area contributed by atoms with Gasteiger partial charge in [-0.1, -0.05) is 112 Å². The van der Waals surface area contributed by atoms with Crippen LogP contribution in [0.4, 0.5) is 0 Å².